The fraction of sp³-hybridized carbons (Fsp3) is 0.429. The highest BCUT2D eigenvalue weighted by atomic mass is 32.1. The minimum atomic E-state index is -0.000757. The predicted molar refractivity (Wildman–Crippen MR) is 111 cm³/mol. The van der Waals surface area contributed by atoms with Crippen LogP contribution in [0.2, 0.25) is 0 Å². The van der Waals surface area contributed by atoms with Crippen molar-refractivity contribution in [2.75, 3.05) is 32.8 Å². The third-order valence-electron chi connectivity index (χ3n) is 4.64. The van der Waals surface area contributed by atoms with Crippen molar-refractivity contribution in [3.63, 3.8) is 0 Å². The molecule has 1 fully saturated rings. The maximum Gasteiger partial charge on any atom is 0.221 e. The zero-order valence-electron chi connectivity index (χ0n) is 16.3. The Kier molecular flexibility index (Phi) is 6.77. The largest absolute Gasteiger partial charge is 0.379 e. The Bertz CT molecular complexity index is 880. The number of aromatic nitrogens is 2. The lowest BCUT2D eigenvalue weighted by Gasteiger charge is -2.26. The summed E-state index contributed by atoms with van der Waals surface area (Å²) in [6.45, 7) is 11.7. The smallest absolute Gasteiger partial charge is 0.221 e. The molecule has 1 aliphatic heterocycles. The fourth-order valence-corrected chi connectivity index (χ4v) is 4.42. The summed E-state index contributed by atoms with van der Waals surface area (Å²) in [7, 11) is 0. The fourth-order valence-electron chi connectivity index (χ4n) is 3.25. The number of ketones is 1. The molecule has 0 amide bonds. The topological polar surface area (TPSA) is 47.4 Å². The number of pyridine rings is 1. The second kappa shape index (κ2) is 9.26. The number of thiophene rings is 1. The van der Waals surface area contributed by atoms with Crippen molar-refractivity contribution in [3.05, 3.63) is 52.8 Å². The summed E-state index contributed by atoms with van der Waals surface area (Å²) < 4.78 is 7.74. The summed E-state index contributed by atoms with van der Waals surface area (Å²) >= 11 is 1.56. The molecule has 0 atom stereocenters. The van der Waals surface area contributed by atoms with Crippen molar-refractivity contribution in [2.24, 2.45) is 0 Å². The Morgan fingerprint density at radius 1 is 1.19 bits per heavy atom. The minimum absolute atomic E-state index is 0.000757. The third kappa shape index (κ3) is 4.46. The van der Waals surface area contributed by atoms with Crippen molar-refractivity contribution < 1.29 is 9.53 Å². The number of morpholine rings is 1. The summed E-state index contributed by atoms with van der Waals surface area (Å²) in [5, 5.41) is 1.14. The van der Waals surface area contributed by atoms with Crippen molar-refractivity contribution in [1.29, 1.82) is 0 Å². The molecule has 27 heavy (non-hydrogen) atoms. The maximum atomic E-state index is 12.6. The average Bonchev–Trinajstić information content (AvgIpc) is 3.26. The van der Waals surface area contributed by atoms with Crippen LogP contribution in [0.15, 0.2) is 36.5 Å². The van der Waals surface area contributed by atoms with Gasteiger partial charge in [0.25, 0.3) is 0 Å². The van der Waals surface area contributed by atoms with Gasteiger partial charge < -0.3 is 9.30 Å². The molecule has 0 bridgehead atoms. The van der Waals surface area contributed by atoms with E-state index in [1.807, 2.05) is 32.0 Å². The van der Waals surface area contributed by atoms with Gasteiger partial charge in [-0.15, -0.1) is 11.3 Å². The van der Waals surface area contributed by atoms with Crippen LogP contribution in [0, 0.1) is 6.92 Å². The number of hydrogen-bond acceptors (Lipinski definition) is 5. The minimum Gasteiger partial charge on any atom is -0.379 e. The highest BCUT2D eigenvalue weighted by molar-refractivity contribution is 7.20. The molecular weight excluding hydrogens is 358 g/mol. The Morgan fingerprint density at radius 3 is 2.67 bits per heavy atom. The Labute approximate surface area is 164 Å². The zero-order chi connectivity index (χ0) is 19.2. The Hall–Kier alpha value is -2.02. The van der Waals surface area contributed by atoms with Crippen LogP contribution in [-0.4, -0.2) is 53.1 Å². The lowest BCUT2D eigenvalue weighted by atomic mass is 10.2. The van der Waals surface area contributed by atoms with E-state index in [2.05, 4.69) is 27.4 Å². The van der Waals surface area contributed by atoms with Gasteiger partial charge in [-0.05, 0) is 31.2 Å². The number of hydrogen-bond donors (Lipinski definition) is 0. The summed E-state index contributed by atoms with van der Waals surface area (Å²) in [4.78, 5) is 21.2. The number of fused-ring (bicyclic) bond motifs is 1. The van der Waals surface area contributed by atoms with Gasteiger partial charge in [-0.2, -0.15) is 0 Å². The quantitative estimate of drug-likeness (QED) is 0.623. The number of rotatable bonds is 5. The third-order valence-corrected chi connectivity index (χ3v) is 5.81. The molecule has 1 saturated heterocycles. The van der Waals surface area contributed by atoms with Crippen LogP contribution in [0.25, 0.3) is 10.2 Å². The van der Waals surface area contributed by atoms with Gasteiger partial charge in [-0.1, -0.05) is 19.9 Å². The van der Waals surface area contributed by atoms with Crippen LogP contribution in [0.3, 0.4) is 0 Å². The Morgan fingerprint density at radius 2 is 1.96 bits per heavy atom. The lowest BCUT2D eigenvalue weighted by Crippen LogP contribution is -2.38. The van der Waals surface area contributed by atoms with Gasteiger partial charge in [0.2, 0.25) is 5.78 Å². The molecule has 1 aliphatic rings. The summed E-state index contributed by atoms with van der Waals surface area (Å²) in [5.41, 5.74) is 1.74. The monoisotopic (exact) mass is 385 g/mol. The number of carbonyl (C=O) groups excluding carboxylic acids is 1. The van der Waals surface area contributed by atoms with Gasteiger partial charge in [0.15, 0.2) is 0 Å². The molecular formula is C21H27N3O2S. The molecule has 0 N–H and O–H groups in total. The molecule has 144 valence electrons. The molecule has 3 aromatic rings. The molecule has 0 aromatic carbocycles. The van der Waals surface area contributed by atoms with E-state index in [0.29, 0.717) is 5.69 Å². The van der Waals surface area contributed by atoms with Crippen molar-refractivity contribution in [3.8, 4) is 0 Å². The van der Waals surface area contributed by atoms with E-state index >= 15 is 0 Å². The highest BCUT2D eigenvalue weighted by Gasteiger charge is 2.18. The van der Waals surface area contributed by atoms with Gasteiger partial charge in [0, 0.05) is 43.5 Å². The molecule has 0 aliphatic carbocycles. The number of ether oxygens (including phenoxy) is 1. The van der Waals surface area contributed by atoms with Crippen LogP contribution in [-0.2, 0) is 11.3 Å². The highest BCUT2D eigenvalue weighted by Crippen LogP contribution is 2.30. The van der Waals surface area contributed by atoms with Crippen LogP contribution in [0.4, 0.5) is 0 Å². The SMILES string of the molecule is CC.Cc1cc2cc(C(=O)c3ccccn3)sc2n1CCN1CCOCC1. The van der Waals surface area contributed by atoms with Crippen LogP contribution in [0.1, 0.15) is 34.9 Å². The lowest BCUT2D eigenvalue weighted by molar-refractivity contribution is 0.0365. The van der Waals surface area contributed by atoms with E-state index in [4.69, 9.17) is 4.74 Å². The van der Waals surface area contributed by atoms with E-state index in [9.17, 15) is 4.79 Å². The first-order valence-corrected chi connectivity index (χ1v) is 10.4. The molecule has 6 heteroatoms. The summed E-state index contributed by atoms with van der Waals surface area (Å²) in [6, 6.07) is 9.60. The molecule has 5 nitrogen and oxygen atoms in total. The van der Waals surface area contributed by atoms with Crippen molar-refractivity contribution >= 4 is 27.3 Å². The molecule has 0 saturated carbocycles. The normalized spacial score (nSPS) is 14.8. The second-order valence-electron chi connectivity index (χ2n) is 6.31. The maximum absolute atomic E-state index is 12.6. The van der Waals surface area contributed by atoms with E-state index < -0.39 is 0 Å². The predicted octanol–water partition coefficient (Wildman–Crippen LogP) is 4.00. The van der Waals surface area contributed by atoms with Crippen LogP contribution in [0.5, 0.6) is 0 Å². The zero-order valence-corrected chi connectivity index (χ0v) is 17.1. The van der Waals surface area contributed by atoms with Gasteiger partial charge in [0.1, 0.15) is 10.5 Å². The Balaban J connectivity index is 0.00000102. The van der Waals surface area contributed by atoms with E-state index in [0.717, 1.165) is 49.7 Å². The molecule has 0 spiro atoms. The van der Waals surface area contributed by atoms with E-state index in [1.165, 1.54) is 10.5 Å². The molecule has 4 rings (SSSR count). The molecule has 3 aromatic heterocycles. The summed E-state index contributed by atoms with van der Waals surface area (Å²) in [5.74, 6) is -0.000757. The first kappa shape index (κ1) is 19.7. The van der Waals surface area contributed by atoms with E-state index in [-0.39, 0.29) is 5.78 Å². The standard InChI is InChI=1S/C19H21N3O2S.C2H6/c1-14-12-15-13-17(18(23)16-4-2-3-5-20-16)25-19(15)22(14)7-6-21-8-10-24-11-9-21;1-2/h2-5,12-13H,6-11H2,1H3;1-2H3. The van der Waals surface area contributed by atoms with Gasteiger partial charge in [-0.3, -0.25) is 14.7 Å². The molecule has 4 heterocycles. The average molecular weight is 386 g/mol. The van der Waals surface area contributed by atoms with Crippen molar-refractivity contribution in [1.82, 2.24) is 14.5 Å². The summed E-state index contributed by atoms with van der Waals surface area (Å²) in [6.07, 6.45) is 1.66. The van der Waals surface area contributed by atoms with Gasteiger partial charge in [0.05, 0.1) is 18.1 Å². The van der Waals surface area contributed by atoms with Gasteiger partial charge >= 0.3 is 0 Å². The van der Waals surface area contributed by atoms with Crippen LogP contribution >= 0.6 is 11.3 Å². The van der Waals surface area contributed by atoms with Crippen LogP contribution < -0.4 is 0 Å². The first-order chi connectivity index (χ1) is 13.2. The first-order valence-electron chi connectivity index (χ1n) is 9.58. The van der Waals surface area contributed by atoms with Crippen molar-refractivity contribution in [2.45, 2.75) is 27.3 Å². The number of aryl methyl sites for hydroxylation is 1. The number of nitrogens with zero attached hydrogens (tertiary/aromatic N) is 3. The number of carbonyl (C=O) groups is 1. The molecule has 0 unspecified atom stereocenters. The molecule has 0 radical (unpaired) electrons. The van der Waals surface area contributed by atoms with Gasteiger partial charge in [-0.25, -0.2) is 0 Å². The van der Waals surface area contributed by atoms with E-state index in [1.54, 1.807) is 23.6 Å². The second-order valence-corrected chi connectivity index (χ2v) is 7.34.